The second-order valence-corrected chi connectivity index (χ2v) is 16.4. The molecule has 5 N–H and O–H groups in total. The topological polar surface area (TPSA) is 202 Å². The van der Waals surface area contributed by atoms with Gasteiger partial charge >= 0.3 is 0 Å². The molecule has 3 aliphatic heterocycles. The number of ether oxygens (including phenoxy) is 10. The van der Waals surface area contributed by atoms with Gasteiger partial charge in [-0.05, 0) is 29.2 Å². The number of aliphatic hydroxyl groups excluding tert-OH is 4. The Labute approximate surface area is 379 Å². The minimum absolute atomic E-state index is 0.0880. The van der Waals surface area contributed by atoms with Gasteiger partial charge in [-0.15, -0.1) is 0 Å². The van der Waals surface area contributed by atoms with E-state index < -0.39 is 105 Å². The van der Waals surface area contributed by atoms with E-state index in [2.05, 4.69) is 5.32 Å². The van der Waals surface area contributed by atoms with Gasteiger partial charge in [-0.1, -0.05) is 121 Å². The van der Waals surface area contributed by atoms with E-state index in [4.69, 9.17) is 47.4 Å². The summed E-state index contributed by atoms with van der Waals surface area (Å²) in [6, 6.07) is 37.5. The highest BCUT2D eigenvalue weighted by molar-refractivity contribution is 5.73. The number of benzene rings is 4. The highest BCUT2D eigenvalue weighted by Gasteiger charge is 2.55. The van der Waals surface area contributed by atoms with Crippen LogP contribution in [0.25, 0.3) is 0 Å². The van der Waals surface area contributed by atoms with E-state index in [0.717, 1.165) is 22.3 Å². The van der Waals surface area contributed by atoms with Crippen molar-refractivity contribution in [3.8, 4) is 0 Å². The fourth-order valence-electron chi connectivity index (χ4n) is 8.29. The lowest BCUT2D eigenvalue weighted by atomic mass is 9.94. The van der Waals surface area contributed by atoms with Crippen molar-refractivity contribution in [3.63, 3.8) is 0 Å². The van der Waals surface area contributed by atoms with Crippen molar-refractivity contribution in [1.29, 1.82) is 0 Å². The van der Waals surface area contributed by atoms with Crippen LogP contribution in [0, 0.1) is 0 Å². The summed E-state index contributed by atoms with van der Waals surface area (Å²) in [5.41, 5.74) is 3.64. The van der Waals surface area contributed by atoms with Gasteiger partial charge in [-0.2, -0.15) is 0 Å². The number of hydrogen-bond acceptors (Lipinski definition) is 15. The molecule has 3 saturated heterocycles. The fourth-order valence-corrected chi connectivity index (χ4v) is 8.29. The van der Waals surface area contributed by atoms with E-state index >= 15 is 0 Å². The first kappa shape index (κ1) is 48.7. The predicted molar refractivity (Wildman–Crippen MR) is 232 cm³/mol. The number of hydrogen-bond donors (Lipinski definition) is 5. The molecule has 352 valence electrons. The van der Waals surface area contributed by atoms with Crippen LogP contribution in [0.5, 0.6) is 0 Å². The van der Waals surface area contributed by atoms with Gasteiger partial charge in [-0.3, -0.25) is 4.79 Å². The van der Waals surface area contributed by atoms with Crippen LogP contribution < -0.4 is 5.32 Å². The summed E-state index contributed by atoms with van der Waals surface area (Å²) in [4.78, 5) is 12.9. The Morgan fingerprint density at radius 2 is 1.03 bits per heavy atom. The summed E-state index contributed by atoms with van der Waals surface area (Å²) in [5, 5.41) is 45.7. The molecule has 3 heterocycles. The quantitative estimate of drug-likeness (QED) is 0.0866. The van der Waals surface area contributed by atoms with E-state index in [-0.39, 0.29) is 33.0 Å². The van der Waals surface area contributed by atoms with Crippen molar-refractivity contribution in [3.05, 3.63) is 144 Å². The van der Waals surface area contributed by atoms with Gasteiger partial charge in [0.15, 0.2) is 18.9 Å². The zero-order chi connectivity index (χ0) is 45.7. The van der Waals surface area contributed by atoms with Crippen molar-refractivity contribution in [2.45, 2.75) is 132 Å². The fraction of sp³-hybridized carbons (Fsp3) is 0.490. The van der Waals surface area contributed by atoms with Gasteiger partial charge in [0.25, 0.3) is 0 Å². The third kappa shape index (κ3) is 12.8. The molecule has 16 heteroatoms. The highest BCUT2D eigenvalue weighted by atomic mass is 16.8. The zero-order valence-electron chi connectivity index (χ0n) is 36.7. The Kier molecular flexibility index (Phi) is 18.0. The molecule has 1 amide bonds. The van der Waals surface area contributed by atoms with E-state index in [1.54, 1.807) is 0 Å². The lowest BCUT2D eigenvalue weighted by Crippen LogP contribution is -2.70. The second kappa shape index (κ2) is 24.0. The van der Waals surface area contributed by atoms with Crippen molar-refractivity contribution in [1.82, 2.24) is 5.32 Å². The van der Waals surface area contributed by atoms with Crippen molar-refractivity contribution in [2.24, 2.45) is 0 Å². The molecule has 3 fully saturated rings. The van der Waals surface area contributed by atoms with Crippen LogP contribution >= 0.6 is 0 Å². The average molecular weight is 904 g/mol. The molecular weight excluding hydrogens is 843 g/mol. The predicted octanol–water partition coefficient (Wildman–Crippen LogP) is 3.15. The van der Waals surface area contributed by atoms with Gasteiger partial charge in [-0.25, -0.2) is 0 Å². The number of aliphatic hydroxyl groups is 4. The first-order chi connectivity index (χ1) is 31.6. The van der Waals surface area contributed by atoms with E-state index in [9.17, 15) is 25.2 Å². The Hall–Kier alpha value is -4.21. The summed E-state index contributed by atoms with van der Waals surface area (Å²) in [7, 11) is 1.40. The minimum atomic E-state index is -1.80. The maximum atomic E-state index is 12.9. The van der Waals surface area contributed by atoms with E-state index in [0.29, 0.717) is 0 Å². The largest absolute Gasteiger partial charge is 0.394 e. The molecule has 0 aromatic heterocycles. The van der Waals surface area contributed by atoms with Crippen LogP contribution in [0.4, 0.5) is 0 Å². The van der Waals surface area contributed by atoms with Crippen molar-refractivity contribution >= 4 is 5.91 Å². The Balaban J connectivity index is 1.27. The Bertz CT molecular complexity index is 1980. The second-order valence-electron chi connectivity index (χ2n) is 16.4. The first-order valence-corrected chi connectivity index (χ1v) is 21.9. The monoisotopic (exact) mass is 903 g/mol. The molecule has 0 radical (unpaired) electrons. The normalized spacial score (nSPS) is 32.8. The number of carbonyl (C=O) groups excluding carboxylic acids is 1. The van der Waals surface area contributed by atoms with Gasteiger partial charge in [0.2, 0.25) is 5.91 Å². The van der Waals surface area contributed by atoms with Crippen LogP contribution in [0.2, 0.25) is 0 Å². The summed E-state index contributed by atoms with van der Waals surface area (Å²) >= 11 is 0. The highest BCUT2D eigenvalue weighted by Crippen LogP contribution is 2.37. The van der Waals surface area contributed by atoms with Crippen LogP contribution in [-0.2, 0) is 78.6 Å². The molecule has 1 unspecified atom stereocenters. The molecule has 3 aliphatic rings. The van der Waals surface area contributed by atoms with Crippen molar-refractivity contribution < 1.29 is 72.6 Å². The maximum absolute atomic E-state index is 12.9. The third-order valence-corrected chi connectivity index (χ3v) is 11.7. The van der Waals surface area contributed by atoms with Crippen LogP contribution in [0.15, 0.2) is 121 Å². The molecule has 4 aromatic carbocycles. The molecule has 0 saturated carbocycles. The summed E-state index contributed by atoms with van der Waals surface area (Å²) in [6.45, 7) is 3.18. The number of carbonyl (C=O) groups is 1. The maximum Gasteiger partial charge on any atom is 0.217 e. The molecule has 15 atom stereocenters. The SMILES string of the molecule is COC1O[C@H](COCc2ccccc2)[C@@H](O[C@H]2O[C@H](C)[C@H](OCc3ccccc3)[C@H](OCc3ccccc3)[C@H]2OCc2ccccc2)[C@H](O[C@@H]2O[C@H](CO)[C@H](O)[C@H](O)[C@H]2O)[C@H]1NC(C)=O. The first-order valence-electron chi connectivity index (χ1n) is 21.9. The molecule has 65 heavy (non-hydrogen) atoms. The lowest BCUT2D eigenvalue weighted by molar-refractivity contribution is -0.378. The Morgan fingerprint density at radius 3 is 1.54 bits per heavy atom. The van der Waals surface area contributed by atoms with Crippen molar-refractivity contribution in [2.75, 3.05) is 20.3 Å². The molecule has 0 aliphatic carbocycles. The summed E-state index contributed by atoms with van der Waals surface area (Å²) in [6.07, 6.45) is -17.2. The van der Waals surface area contributed by atoms with Crippen LogP contribution in [0.3, 0.4) is 0 Å². The number of rotatable bonds is 20. The number of nitrogens with one attached hydrogen (secondary N) is 1. The van der Waals surface area contributed by atoms with Crippen LogP contribution in [0.1, 0.15) is 36.1 Å². The smallest absolute Gasteiger partial charge is 0.217 e. The van der Waals surface area contributed by atoms with Gasteiger partial charge < -0.3 is 73.1 Å². The third-order valence-electron chi connectivity index (χ3n) is 11.7. The van der Waals surface area contributed by atoms with Crippen LogP contribution in [-0.4, -0.2) is 139 Å². The molecule has 0 bridgehead atoms. The van der Waals surface area contributed by atoms with E-state index in [1.807, 2.05) is 128 Å². The molecular formula is C49H61NO15. The average Bonchev–Trinajstić information content (AvgIpc) is 3.32. The zero-order valence-corrected chi connectivity index (χ0v) is 36.7. The standard InChI is InChI=1S/C49H61NO15/c1-30-42(58-26-33-18-10-5-11-19-33)45(59-27-34-20-12-6-13-21-34)46(60-28-35-22-14-7-15-23-35)49(61-30)64-43-37(29-57-25-32-16-8-4-9-17-32)63-47(56-3)38(50-31(2)52)44(43)65-48-41(55)40(54)39(53)36(24-51)62-48/h4-23,30,36-49,51,53-55H,24-29H2,1-3H3,(H,50,52)/t30-,36-,37-,38-,39+,40+,41-,42+,43-,44-,45+,46-,47?,48+,49-/m1/s1. The van der Waals surface area contributed by atoms with Gasteiger partial charge in [0.05, 0.1) is 45.7 Å². The number of methoxy groups -OCH3 is 1. The Morgan fingerprint density at radius 1 is 0.554 bits per heavy atom. The minimum Gasteiger partial charge on any atom is -0.394 e. The summed E-state index contributed by atoms with van der Waals surface area (Å²) < 4.78 is 65.2. The number of amides is 1. The lowest BCUT2D eigenvalue weighted by Gasteiger charge is -2.51. The molecule has 4 aromatic rings. The van der Waals surface area contributed by atoms with E-state index in [1.165, 1.54) is 14.0 Å². The molecule has 16 nitrogen and oxygen atoms in total. The molecule has 0 spiro atoms. The summed E-state index contributed by atoms with van der Waals surface area (Å²) in [5.74, 6) is -0.472. The molecule has 7 rings (SSSR count). The van der Waals surface area contributed by atoms with Gasteiger partial charge in [0.1, 0.15) is 67.1 Å². The van der Waals surface area contributed by atoms with Gasteiger partial charge in [0, 0.05) is 14.0 Å².